The Kier molecular flexibility index (Phi) is 3.04. The molecule has 0 aliphatic rings. The molecule has 0 aromatic carbocycles. The Morgan fingerprint density at radius 3 is 2.91 bits per heavy atom. The van der Waals surface area contributed by atoms with Crippen LogP contribution in [0.3, 0.4) is 0 Å². The minimum absolute atomic E-state index is 0.251. The van der Waals surface area contributed by atoms with Crippen LogP contribution in [-0.2, 0) is 6.54 Å². The molecule has 1 aromatic heterocycles. The fourth-order valence-corrected chi connectivity index (χ4v) is 0.793. The number of alkyl halides is 2. The molecule has 0 aliphatic carbocycles. The van der Waals surface area contributed by atoms with Crippen molar-refractivity contribution < 1.29 is 8.78 Å². The van der Waals surface area contributed by atoms with Gasteiger partial charge in [-0.3, -0.25) is 0 Å². The van der Waals surface area contributed by atoms with Crippen LogP contribution in [-0.4, -0.2) is 18.0 Å². The number of hydrogen-bond donors (Lipinski definition) is 2. The maximum atomic E-state index is 11.6. The molecule has 0 bridgehead atoms. The molecule has 1 rings (SSSR count). The van der Waals surface area contributed by atoms with Crippen molar-refractivity contribution in [2.45, 2.75) is 13.0 Å². The van der Waals surface area contributed by atoms with Crippen LogP contribution in [0, 0.1) is 0 Å². The molecule has 0 saturated heterocycles. The highest BCUT2D eigenvalue weighted by Crippen LogP contribution is 1.94. The maximum absolute atomic E-state index is 11.6. The Morgan fingerprint density at radius 1 is 1.55 bits per heavy atom. The minimum Gasteiger partial charge on any atom is -0.364 e. The first kappa shape index (κ1) is 8.20. The van der Waals surface area contributed by atoms with Crippen LogP contribution in [0.1, 0.15) is 5.69 Å². The molecule has 0 spiro atoms. The van der Waals surface area contributed by atoms with Gasteiger partial charge in [0.25, 0.3) is 6.43 Å². The molecule has 2 N–H and O–H groups in total. The van der Waals surface area contributed by atoms with Gasteiger partial charge in [-0.2, -0.15) is 0 Å². The third-order valence-electron chi connectivity index (χ3n) is 1.28. The number of aromatic amines is 1. The van der Waals surface area contributed by atoms with E-state index in [-0.39, 0.29) is 6.54 Å². The third-order valence-corrected chi connectivity index (χ3v) is 1.28. The summed E-state index contributed by atoms with van der Waals surface area (Å²) in [5.41, 5.74) is 0.922. The summed E-state index contributed by atoms with van der Waals surface area (Å²) < 4.78 is 23.2. The van der Waals surface area contributed by atoms with Crippen LogP contribution >= 0.6 is 0 Å². The summed E-state index contributed by atoms with van der Waals surface area (Å²) in [6, 6.07) is 3.68. The lowest BCUT2D eigenvalue weighted by atomic mass is 10.4. The first-order chi connectivity index (χ1) is 5.29. The van der Waals surface area contributed by atoms with Gasteiger partial charge in [0, 0.05) is 18.4 Å². The summed E-state index contributed by atoms with van der Waals surface area (Å²) in [7, 11) is 0. The van der Waals surface area contributed by atoms with Crippen LogP contribution in [0.25, 0.3) is 0 Å². The van der Waals surface area contributed by atoms with E-state index < -0.39 is 6.43 Å². The van der Waals surface area contributed by atoms with Crippen LogP contribution in [0.5, 0.6) is 0 Å². The number of nitrogens with one attached hydrogen (secondary N) is 2. The molecule has 1 heterocycles. The molecular formula is C7H10F2N2. The van der Waals surface area contributed by atoms with E-state index in [0.717, 1.165) is 5.69 Å². The second-order valence-electron chi connectivity index (χ2n) is 2.22. The molecule has 0 radical (unpaired) electrons. The van der Waals surface area contributed by atoms with Crippen molar-refractivity contribution in [1.82, 2.24) is 10.3 Å². The van der Waals surface area contributed by atoms with Gasteiger partial charge in [-0.05, 0) is 12.1 Å². The maximum Gasteiger partial charge on any atom is 0.250 e. The van der Waals surface area contributed by atoms with Crippen molar-refractivity contribution in [2.75, 3.05) is 6.54 Å². The molecule has 0 amide bonds. The second kappa shape index (κ2) is 4.08. The van der Waals surface area contributed by atoms with E-state index in [1.165, 1.54) is 0 Å². The van der Waals surface area contributed by atoms with E-state index in [2.05, 4.69) is 10.3 Å². The summed E-state index contributed by atoms with van der Waals surface area (Å²) >= 11 is 0. The Morgan fingerprint density at radius 2 is 2.36 bits per heavy atom. The molecule has 2 nitrogen and oxygen atoms in total. The van der Waals surface area contributed by atoms with Gasteiger partial charge >= 0.3 is 0 Å². The fraction of sp³-hybridized carbons (Fsp3) is 0.429. The van der Waals surface area contributed by atoms with Gasteiger partial charge < -0.3 is 10.3 Å². The highest BCUT2D eigenvalue weighted by molar-refractivity contribution is 5.02. The number of rotatable bonds is 4. The lowest BCUT2D eigenvalue weighted by molar-refractivity contribution is 0.145. The van der Waals surface area contributed by atoms with Crippen LogP contribution < -0.4 is 5.32 Å². The van der Waals surface area contributed by atoms with E-state index >= 15 is 0 Å². The average Bonchev–Trinajstić information content (AvgIpc) is 2.39. The highest BCUT2D eigenvalue weighted by Gasteiger charge is 2.00. The zero-order valence-corrected chi connectivity index (χ0v) is 5.98. The zero-order chi connectivity index (χ0) is 8.10. The van der Waals surface area contributed by atoms with Crippen LogP contribution in [0.15, 0.2) is 18.3 Å². The molecule has 0 unspecified atom stereocenters. The van der Waals surface area contributed by atoms with E-state index in [1.54, 1.807) is 6.20 Å². The first-order valence-corrected chi connectivity index (χ1v) is 3.40. The Labute approximate surface area is 63.6 Å². The standard InChI is InChI=1S/C7H10F2N2/c8-7(9)5-10-4-6-2-1-3-11-6/h1-3,7,10-11H,4-5H2. The molecular weight excluding hydrogens is 150 g/mol. The second-order valence-corrected chi connectivity index (χ2v) is 2.22. The van der Waals surface area contributed by atoms with E-state index in [9.17, 15) is 8.78 Å². The predicted octanol–water partition coefficient (Wildman–Crippen LogP) is 1.37. The Balaban J connectivity index is 2.14. The minimum atomic E-state index is -2.27. The van der Waals surface area contributed by atoms with Gasteiger partial charge in [-0.25, -0.2) is 8.78 Å². The Hall–Kier alpha value is -0.900. The number of H-pyrrole nitrogens is 1. The lowest BCUT2D eigenvalue weighted by Gasteiger charge is -2.00. The summed E-state index contributed by atoms with van der Waals surface area (Å²) in [6.45, 7) is 0.219. The van der Waals surface area contributed by atoms with Gasteiger partial charge in [-0.1, -0.05) is 0 Å². The summed E-state index contributed by atoms with van der Waals surface area (Å²) in [5.74, 6) is 0. The molecule has 4 heteroatoms. The SMILES string of the molecule is FC(F)CNCc1ccc[nH]1. The number of aromatic nitrogens is 1. The van der Waals surface area contributed by atoms with Gasteiger partial charge in [0.2, 0.25) is 0 Å². The van der Waals surface area contributed by atoms with Crippen molar-refractivity contribution in [3.05, 3.63) is 24.0 Å². The lowest BCUT2D eigenvalue weighted by Crippen LogP contribution is -2.20. The van der Waals surface area contributed by atoms with E-state index in [4.69, 9.17) is 0 Å². The molecule has 0 fully saturated rings. The fourth-order valence-electron chi connectivity index (χ4n) is 0.793. The molecule has 1 aromatic rings. The summed E-state index contributed by atoms with van der Waals surface area (Å²) in [4.78, 5) is 2.90. The van der Waals surface area contributed by atoms with Crippen molar-refractivity contribution in [2.24, 2.45) is 0 Å². The topological polar surface area (TPSA) is 27.8 Å². The zero-order valence-electron chi connectivity index (χ0n) is 5.98. The third kappa shape index (κ3) is 3.13. The molecule has 0 aliphatic heterocycles. The number of halogens is 2. The van der Waals surface area contributed by atoms with Crippen LogP contribution in [0.4, 0.5) is 8.78 Å². The smallest absolute Gasteiger partial charge is 0.250 e. The summed E-state index contributed by atoms with van der Waals surface area (Å²) in [5, 5.41) is 2.61. The molecule has 62 valence electrons. The largest absolute Gasteiger partial charge is 0.364 e. The van der Waals surface area contributed by atoms with Crippen LogP contribution in [0.2, 0.25) is 0 Å². The summed E-state index contributed by atoms with van der Waals surface area (Å²) in [6.07, 6.45) is -0.510. The van der Waals surface area contributed by atoms with Crippen molar-refractivity contribution in [3.63, 3.8) is 0 Å². The van der Waals surface area contributed by atoms with Crippen molar-refractivity contribution >= 4 is 0 Å². The van der Waals surface area contributed by atoms with Crippen molar-refractivity contribution in [1.29, 1.82) is 0 Å². The Bertz CT molecular complexity index is 184. The van der Waals surface area contributed by atoms with Gasteiger partial charge in [-0.15, -0.1) is 0 Å². The monoisotopic (exact) mass is 160 g/mol. The normalized spacial score (nSPS) is 10.8. The average molecular weight is 160 g/mol. The number of hydrogen-bond acceptors (Lipinski definition) is 1. The molecule has 0 saturated carbocycles. The quantitative estimate of drug-likeness (QED) is 0.684. The predicted molar refractivity (Wildman–Crippen MR) is 38.5 cm³/mol. The van der Waals surface area contributed by atoms with Gasteiger partial charge in [0.15, 0.2) is 0 Å². The highest BCUT2D eigenvalue weighted by atomic mass is 19.3. The van der Waals surface area contributed by atoms with Crippen molar-refractivity contribution in [3.8, 4) is 0 Å². The molecule has 11 heavy (non-hydrogen) atoms. The molecule has 0 atom stereocenters. The van der Waals surface area contributed by atoms with E-state index in [1.807, 2.05) is 12.1 Å². The van der Waals surface area contributed by atoms with Gasteiger partial charge in [0.1, 0.15) is 0 Å². The van der Waals surface area contributed by atoms with Gasteiger partial charge in [0.05, 0.1) is 6.54 Å². The van der Waals surface area contributed by atoms with E-state index in [0.29, 0.717) is 6.54 Å². The first-order valence-electron chi connectivity index (χ1n) is 3.40.